The number of aromatic nitrogens is 4. The summed E-state index contributed by atoms with van der Waals surface area (Å²) in [6.07, 6.45) is 5.21. The quantitative estimate of drug-likeness (QED) is 0.357. The van der Waals surface area contributed by atoms with Gasteiger partial charge >= 0.3 is 0 Å². The number of nitrogens with two attached hydrogens (primary N) is 1. The highest BCUT2D eigenvalue weighted by atomic mass is 35.5. The molecule has 1 aromatic carbocycles. The number of rotatable bonds is 5. The third kappa shape index (κ3) is 4.54. The summed E-state index contributed by atoms with van der Waals surface area (Å²) in [5.41, 5.74) is 9.81. The van der Waals surface area contributed by atoms with Gasteiger partial charge in [0.2, 0.25) is 0 Å². The van der Waals surface area contributed by atoms with E-state index in [0.29, 0.717) is 28.3 Å². The molecule has 0 spiro atoms. The van der Waals surface area contributed by atoms with Crippen LogP contribution in [0.15, 0.2) is 59.7 Å². The number of nitrogen functional groups attached to an aromatic ring is 1. The van der Waals surface area contributed by atoms with E-state index in [1.165, 1.54) is 6.07 Å². The molecule has 1 aliphatic rings. The van der Waals surface area contributed by atoms with Gasteiger partial charge in [0.15, 0.2) is 5.82 Å². The Kier molecular flexibility index (Phi) is 5.96. The van der Waals surface area contributed by atoms with E-state index in [4.69, 9.17) is 17.3 Å². The summed E-state index contributed by atoms with van der Waals surface area (Å²) >= 11 is 6.63. The van der Waals surface area contributed by atoms with Gasteiger partial charge in [-0.1, -0.05) is 23.7 Å². The number of hydrogen-bond donors (Lipinski definition) is 2. The largest absolute Gasteiger partial charge is 0.396 e. The van der Waals surface area contributed by atoms with Gasteiger partial charge in [0.05, 0.1) is 22.8 Å². The van der Waals surface area contributed by atoms with Crippen LogP contribution in [-0.4, -0.2) is 24.6 Å². The maximum atomic E-state index is 13.6. The molecule has 0 bridgehead atoms. The van der Waals surface area contributed by atoms with Crippen molar-refractivity contribution in [1.82, 2.24) is 19.5 Å². The molecule has 0 saturated carbocycles. The molecule has 0 fully saturated rings. The lowest BCUT2D eigenvalue weighted by atomic mass is 10.0. The van der Waals surface area contributed by atoms with Gasteiger partial charge in [-0.25, -0.2) is 14.4 Å². The van der Waals surface area contributed by atoms with E-state index in [1.54, 1.807) is 55.1 Å². The summed E-state index contributed by atoms with van der Waals surface area (Å²) in [5.74, 6) is -0.345. The Bertz CT molecular complexity index is 1660. The van der Waals surface area contributed by atoms with E-state index in [1.807, 2.05) is 26.0 Å². The van der Waals surface area contributed by atoms with Crippen molar-refractivity contribution < 1.29 is 9.50 Å². The second-order valence-corrected chi connectivity index (χ2v) is 10.1. The Labute approximate surface area is 218 Å². The van der Waals surface area contributed by atoms with E-state index in [-0.39, 0.29) is 28.0 Å². The number of aliphatic hydroxyl groups is 1. The van der Waals surface area contributed by atoms with Crippen LogP contribution in [0.1, 0.15) is 48.0 Å². The third-order valence-electron chi connectivity index (χ3n) is 6.38. The van der Waals surface area contributed by atoms with Gasteiger partial charge < -0.3 is 10.8 Å². The molecule has 1 atom stereocenters. The number of pyridine rings is 2. The summed E-state index contributed by atoms with van der Waals surface area (Å²) in [5, 5.41) is 10.4. The molecular formula is C28H25ClFN5O2. The number of hydrogen-bond acceptors (Lipinski definition) is 6. The first kappa shape index (κ1) is 24.8. The van der Waals surface area contributed by atoms with Crippen LogP contribution < -0.4 is 11.3 Å². The molecule has 0 aliphatic heterocycles. The predicted molar refractivity (Wildman–Crippen MR) is 142 cm³/mol. The van der Waals surface area contributed by atoms with Crippen molar-refractivity contribution in [3.63, 3.8) is 0 Å². The molecular weight excluding hydrogens is 493 g/mol. The fourth-order valence-electron chi connectivity index (χ4n) is 4.34. The Balaban J connectivity index is 1.53. The molecule has 0 radical (unpaired) electrons. The molecule has 37 heavy (non-hydrogen) atoms. The van der Waals surface area contributed by atoms with Gasteiger partial charge in [0.25, 0.3) is 5.56 Å². The SMILES string of the molecule is Cc1cnc(-c2ccnc(C(C)(C)O)n2)cc1-n1c(C)cc([C@H]2C=C2c2ccc(F)c(N)c2)c(Cl)c1=O. The van der Waals surface area contributed by atoms with Gasteiger partial charge in [0.1, 0.15) is 16.4 Å². The Hall–Kier alpha value is -3.88. The van der Waals surface area contributed by atoms with Gasteiger partial charge in [-0.2, -0.15) is 0 Å². The maximum Gasteiger partial charge on any atom is 0.274 e. The first-order valence-electron chi connectivity index (χ1n) is 11.7. The lowest BCUT2D eigenvalue weighted by Crippen LogP contribution is -2.23. The molecule has 3 N–H and O–H groups in total. The zero-order valence-electron chi connectivity index (χ0n) is 20.8. The second kappa shape index (κ2) is 8.90. The van der Waals surface area contributed by atoms with Crippen molar-refractivity contribution in [2.75, 3.05) is 5.73 Å². The molecule has 0 amide bonds. The van der Waals surface area contributed by atoms with Gasteiger partial charge in [-0.05, 0) is 80.3 Å². The lowest BCUT2D eigenvalue weighted by molar-refractivity contribution is 0.0688. The first-order valence-corrected chi connectivity index (χ1v) is 12.1. The average Bonchev–Trinajstić information content (AvgIpc) is 3.64. The summed E-state index contributed by atoms with van der Waals surface area (Å²) in [6, 6.07) is 9.95. The molecule has 1 aliphatic carbocycles. The third-order valence-corrected chi connectivity index (χ3v) is 6.76. The molecule has 5 rings (SSSR count). The van der Waals surface area contributed by atoms with Crippen LogP contribution >= 0.6 is 11.6 Å². The fraction of sp³-hybridized carbons (Fsp3) is 0.214. The number of benzene rings is 1. The van der Waals surface area contributed by atoms with Crippen molar-refractivity contribution in [3.05, 3.63) is 104 Å². The van der Waals surface area contributed by atoms with E-state index >= 15 is 0 Å². The zero-order valence-corrected chi connectivity index (χ0v) is 21.5. The maximum absolute atomic E-state index is 13.6. The van der Waals surface area contributed by atoms with Gasteiger partial charge in [0, 0.05) is 24.0 Å². The minimum absolute atomic E-state index is 0.0732. The smallest absolute Gasteiger partial charge is 0.274 e. The Morgan fingerprint density at radius 1 is 1.11 bits per heavy atom. The minimum Gasteiger partial charge on any atom is -0.396 e. The lowest BCUT2D eigenvalue weighted by Gasteiger charge is -2.18. The van der Waals surface area contributed by atoms with Crippen LogP contribution in [0.5, 0.6) is 0 Å². The van der Waals surface area contributed by atoms with Crippen LogP contribution in [-0.2, 0) is 5.60 Å². The summed E-state index contributed by atoms with van der Waals surface area (Å²) < 4.78 is 15.1. The summed E-state index contributed by atoms with van der Waals surface area (Å²) in [7, 11) is 0. The molecule has 3 aromatic heterocycles. The van der Waals surface area contributed by atoms with Crippen LogP contribution in [0, 0.1) is 19.7 Å². The second-order valence-electron chi connectivity index (χ2n) is 9.71. The van der Waals surface area contributed by atoms with E-state index in [9.17, 15) is 14.3 Å². The molecule has 4 aromatic rings. The number of nitrogens with zero attached hydrogens (tertiary/aromatic N) is 4. The topological polar surface area (TPSA) is 107 Å². The van der Waals surface area contributed by atoms with Gasteiger partial charge in [-0.3, -0.25) is 14.3 Å². The van der Waals surface area contributed by atoms with Crippen molar-refractivity contribution in [3.8, 4) is 17.1 Å². The molecule has 0 saturated heterocycles. The zero-order chi connectivity index (χ0) is 26.6. The van der Waals surface area contributed by atoms with Crippen molar-refractivity contribution in [2.24, 2.45) is 0 Å². The number of aryl methyl sites for hydroxylation is 2. The normalized spacial score (nSPS) is 15.0. The van der Waals surface area contributed by atoms with Crippen LogP contribution in [0.2, 0.25) is 5.02 Å². The van der Waals surface area contributed by atoms with E-state index in [0.717, 1.165) is 16.7 Å². The predicted octanol–water partition coefficient (Wildman–Crippen LogP) is 5.09. The first-order chi connectivity index (χ1) is 17.5. The summed E-state index contributed by atoms with van der Waals surface area (Å²) in [4.78, 5) is 26.6. The van der Waals surface area contributed by atoms with Crippen molar-refractivity contribution >= 4 is 22.9 Å². The van der Waals surface area contributed by atoms with Crippen LogP contribution in [0.3, 0.4) is 0 Å². The van der Waals surface area contributed by atoms with Crippen LogP contribution in [0.4, 0.5) is 10.1 Å². The Morgan fingerprint density at radius 3 is 2.57 bits per heavy atom. The molecule has 3 heterocycles. The van der Waals surface area contributed by atoms with Crippen molar-refractivity contribution in [1.29, 1.82) is 0 Å². The minimum atomic E-state index is -1.21. The van der Waals surface area contributed by atoms with Crippen molar-refractivity contribution in [2.45, 2.75) is 39.2 Å². The molecule has 188 valence electrons. The molecule has 7 nitrogen and oxygen atoms in total. The summed E-state index contributed by atoms with van der Waals surface area (Å²) in [6.45, 7) is 6.92. The average molecular weight is 518 g/mol. The number of allylic oxidation sites excluding steroid dienone is 2. The van der Waals surface area contributed by atoms with Gasteiger partial charge in [-0.15, -0.1) is 0 Å². The number of halogens is 2. The highest BCUT2D eigenvalue weighted by Crippen LogP contribution is 2.48. The van der Waals surface area contributed by atoms with E-state index < -0.39 is 11.4 Å². The Morgan fingerprint density at radius 2 is 1.86 bits per heavy atom. The van der Waals surface area contributed by atoms with Crippen LogP contribution in [0.25, 0.3) is 22.6 Å². The molecule has 9 heteroatoms. The highest BCUT2D eigenvalue weighted by molar-refractivity contribution is 6.31. The fourth-order valence-corrected chi connectivity index (χ4v) is 4.60. The number of anilines is 1. The molecule has 0 unspecified atom stereocenters. The standard InChI is InChI=1S/C28H25ClFN5O2/c1-14-13-33-23(22-7-8-32-27(34-22)28(3,4)37)12-24(14)35-15(2)9-19(25(29)26(35)36)18-11-17(18)16-5-6-20(30)21(31)10-16/h5-13,18,37H,31H2,1-4H3/t18-/m0/s1. The highest BCUT2D eigenvalue weighted by Gasteiger charge is 2.32. The van der Waals surface area contributed by atoms with E-state index in [2.05, 4.69) is 15.0 Å². The monoisotopic (exact) mass is 517 g/mol.